The highest BCUT2D eigenvalue weighted by atomic mass is 32.2. The van der Waals surface area contributed by atoms with Gasteiger partial charge in [-0.25, -0.2) is 4.98 Å². The van der Waals surface area contributed by atoms with E-state index in [1.165, 1.54) is 11.8 Å². The van der Waals surface area contributed by atoms with Crippen LogP contribution in [-0.2, 0) is 0 Å². The highest BCUT2D eigenvalue weighted by molar-refractivity contribution is 7.99. The summed E-state index contributed by atoms with van der Waals surface area (Å²) >= 11 is 1.49. The Balaban J connectivity index is 1.98. The maximum absolute atomic E-state index is 5.71. The van der Waals surface area contributed by atoms with Gasteiger partial charge in [-0.2, -0.15) is 0 Å². The molecule has 0 saturated heterocycles. The molecule has 3 rings (SSSR count). The van der Waals surface area contributed by atoms with E-state index in [1.54, 1.807) is 12.3 Å². The van der Waals surface area contributed by atoms with Crippen molar-refractivity contribution < 1.29 is 4.42 Å². The van der Waals surface area contributed by atoms with Crippen LogP contribution >= 0.6 is 11.8 Å². The number of anilines is 1. The summed E-state index contributed by atoms with van der Waals surface area (Å²) in [5.41, 5.74) is 9.01. The zero-order valence-corrected chi connectivity index (χ0v) is 10.6. The largest absolute Gasteiger partial charge is 0.431 e. The third kappa shape index (κ3) is 2.04. The third-order valence-electron chi connectivity index (χ3n) is 2.56. The Hall–Kier alpha value is -2.01. The first-order valence-electron chi connectivity index (χ1n) is 5.47. The molecule has 18 heavy (non-hydrogen) atoms. The first kappa shape index (κ1) is 11.1. The second kappa shape index (κ2) is 4.34. The number of nitrogens with two attached hydrogens (primary N) is 1. The van der Waals surface area contributed by atoms with Gasteiger partial charge in [-0.1, -0.05) is 0 Å². The molecule has 0 aliphatic heterocycles. The molecular weight excluding hydrogens is 246 g/mol. The molecule has 0 radical (unpaired) electrons. The number of fused-ring (bicyclic) bond motifs is 1. The number of nitrogen functional groups attached to an aromatic ring is 1. The summed E-state index contributed by atoms with van der Waals surface area (Å²) in [6, 6.07) is 7.41. The number of benzene rings is 1. The lowest BCUT2D eigenvalue weighted by Gasteiger charge is -1.99. The van der Waals surface area contributed by atoms with Crippen molar-refractivity contribution in [2.75, 3.05) is 5.73 Å². The van der Waals surface area contributed by atoms with Crippen molar-refractivity contribution in [1.29, 1.82) is 0 Å². The van der Waals surface area contributed by atoms with E-state index in [-0.39, 0.29) is 0 Å². The molecule has 0 fully saturated rings. The number of nitrogens with zero attached hydrogens (tertiary/aromatic N) is 2. The SMILES string of the molecule is Cc1cnccc1Sc1nc2ccc(N)cc2o1. The predicted octanol–water partition coefficient (Wildman–Crippen LogP) is 3.26. The minimum Gasteiger partial charge on any atom is -0.431 e. The summed E-state index contributed by atoms with van der Waals surface area (Å²) in [6.45, 7) is 2.01. The van der Waals surface area contributed by atoms with Crippen molar-refractivity contribution >= 4 is 28.5 Å². The summed E-state index contributed by atoms with van der Waals surface area (Å²) < 4.78 is 5.66. The van der Waals surface area contributed by atoms with Crippen LogP contribution < -0.4 is 5.73 Å². The minimum atomic E-state index is 0.616. The van der Waals surface area contributed by atoms with Gasteiger partial charge >= 0.3 is 0 Å². The predicted molar refractivity (Wildman–Crippen MR) is 71.5 cm³/mol. The average molecular weight is 257 g/mol. The molecule has 3 aromatic rings. The van der Waals surface area contributed by atoms with Crippen LogP contribution in [0.5, 0.6) is 0 Å². The molecule has 5 heteroatoms. The molecule has 0 spiro atoms. The molecule has 0 aliphatic rings. The van der Waals surface area contributed by atoms with E-state index in [0.717, 1.165) is 16.0 Å². The smallest absolute Gasteiger partial charge is 0.261 e. The highest BCUT2D eigenvalue weighted by Crippen LogP contribution is 2.31. The number of oxazole rings is 1. The first-order valence-corrected chi connectivity index (χ1v) is 6.28. The molecular formula is C13H11N3OS. The summed E-state index contributed by atoms with van der Waals surface area (Å²) in [5, 5.41) is 0.616. The number of pyridine rings is 1. The number of hydrogen-bond donors (Lipinski definition) is 1. The van der Waals surface area contributed by atoms with Crippen LogP contribution in [0.25, 0.3) is 11.1 Å². The Morgan fingerprint density at radius 2 is 2.17 bits per heavy atom. The van der Waals surface area contributed by atoms with Gasteiger partial charge in [0.25, 0.3) is 5.22 Å². The minimum absolute atomic E-state index is 0.616. The average Bonchev–Trinajstić information content (AvgIpc) is 2.73. The van der Waals surface area contributed by atoms with Gasteiger partial charge in [0.2, 0.25) is 0 Å². The third-order valence-corrected chi connectivity index (χ3v) is 3.59. The Morgan fingerprint density at radius 1 is 1.28 bits per heavy atom. The van der Waals surface area contributed by atoms with Gasteiger partial charge in [-0.15, -0.1) is 0 Å². The molecule has 2 heterocycles. The van der Waals surface area contributed by atoms with E-state index in [9.17, 15) is 0 Å². The van der Waals surface area contributed by atoms with Gasteiger partial charge in [0.1, 0.15) is 5.52 Å². The fourth-order valence-electron chi connectivity index (χ4n) is 1.63. The zero-order valence-electron chi connectivity index (χ0n) is 9.75. The van der Waals surface area contributed by atoms with Crippen LogP contribution in [0.15, 0.2) is 51.2 Å². The van der Waals surface area contributed by atoms with Gasteiger partial charge < -0.3 is 10.2 Å². The van der Waals surface area contributed by atoms with Crippen molar-refractivity contribution in [2.45, 2.75) is 17.0 Å². The maximum atomic E-state index is 5.71. The van der Waals surface area contributed by atoms with Gasteiger partial charge in [-0.05, 0) is 42.4 Å². The number of aryl methyl sites for hydroxylation is 1. The molecule has 0 amide bonds. The number of rotatable bonds is 2. The monoisotopic (exact) mass is 257 g/mol. The van der Waals surface area contributed by atoms with Crippen LogP contribution in [0.3, 0.4) is 0 Å². The molecule has 2 aromatic heterocycles. The first-order chi connectivity index (χ1) is 8.72. The molecule has 0 atom stereocenters. The van der Waals surface area contributed by atoms with Crippen LogP contribution in [-0.4, -0.2) is 9.97 Å². The molecule has 1 aromatic carbocycles. The van der Waals surface area contributed by atoms with Crippen molar-refractivity contribution in [3.8, 4) is 0 Å². The van der Waals surface area contributed by atoms with Gasteiger partial charge in [0.15, 0.2) is 5.58 Å². The fraction of sp³-hybridized carbons (Fsp3) is 0.0769. The second-order valence-electron chi connectivity index (χ2n) is 3.95. The zero-order chi connectivity index (χ0) is 12.5. The number of aromatic nitrogens is 2. The topological polar surface area (TPSA) is 64.9 Å². The quantitative estimate of drug-likeness (QED) is 0.714. The molecule has 2 N–H and O–H groups in total. The van der Waals surface area contributed by atoms with Crippen molar-refractivity contribution in [3.05, 3.63) is 42.2 Å². The summed E-state index contributed by atoms with van der Waals surface area (Å²) in [5.74, 6) is 0. The van der Waals surface area contributed by atoms with Crippen LogP contribution in [0.1, 0.15) is 5.56 Å². The summed E-state index contributed by atoms with van der Waals surface area (Å²) in [6.07, 6.45) is 3.58. The molecule has 0 unspecified atom stereocenters. The molecule has 0 saturated carbocycles. The summed E-state index contributed by atoms with van der Waals surface area (Å²) in [4.78, 5) is 9.56. The number of hydrogen-bond acceptors (Lipinski definition) is 5. The van der Waals surface area contributed by atoms with Crippen LogP contribution in [0.4, 0.5) is 5.69 Å². The Kier molecular flexibility index (Phi) is 2.68. The van der Waals surface area contributed by atoms with Gasteiger partial charge in [0, 0.05) is 29.0 Å². The van der Waals surface area contributed by atoms with E-state index in [1.807, 2.05) is 31.3 Å². The Morgan fingerprint density at radius 3 is 3.00 bits per heavy atom. The van der Waals surface area contributed by atoms with Crippen LogP contribution in [0, 0.1) is 6.92 Å². The van der Waals surface area contributed by atoms with E-state index < -0.39 is 0 Å². The Bertz CT molecular complexity index is 708. The molecule has 4 nitrogen and oxygen atoms in total. The van der Waals surface area contributed by atoms with Gasteiger partial charge in [-0.3, -0.25) is 4.98 Å². The van der Waals surface area contributed by atoms with Crippen molar-refractivity contribution in [2.24, 2.45) is 0 Å². The molecule has 0 aliphatic carbocycles. The van der Waals surface area contributed by atoms with E-state index in [0.29, 0.717) is 16.5 Å². The molecule has 90 valence electrons. The normalized spacial score (nSPS) is 10.9. The van der Waals surface area contributed by atoms with Crippen molar-refractivity contribution in [1.82, 2.24) is 9.97 Å². The van der Waals surface area contributed by atoms with E-state index >= 15 is 0 Å². The summed E-state index contributed by atoms with van der Waals surface area (Å²) in [7, 11) is 0. The second-order valence-corrected chi connectivity index (χ2v) is 4.94. The highest BCUT2D eigenvalue weighted by Gasteiger charge is 2.09. The molecule has 0 bridgehead atoms. The van der Waals surface area contributed by atoms with E-state index in [4.69, 9.17) is 10.2 Å². The maximum Gasteiger partial charge on any atom is 0.261 e. The lowest BCUT2D eigenvalue weighted by molar-refractivity contribution is 0.489. The Labute approximate surface area is 108 Å². The van der Waals surface area contributed by atoms with E-state index in [2.05, 4.69) is 9.97 Å². The van der Waals surface area contributed by atoms with Crippen LogP contribution in [0.2, 0.25) is 0 Å². The lowest BCUT2D eigenvalue weighted by Crippen LogP contribution is -1.81. The van der Waals surface area contributed by atoms with Crippen molar-refractivity contribution in [3.63, 3.8) is 0 Å². The van der Waals surface area contributed by atoms with Gasteiger partial charge in [0.05, 0.1) is 0 Å². The standard InChI is InChI=1S/C13H11N3OS/c1-8-7-15-5-4-12(8)18-13-16-10-3-2-9(14)6-11(10)17-13/h2-7H,14H2,1H3. The lowest BCUT2D eigenvalue weighted by atomic mass is 10.3. The fourth-order valence-corrected chi connectivity index (χ4v) is 2.44.